The average molecular weight is 267 g/mol. The van der Waals surface area contributed by atoms with Crippen LogP contribution in [0.1, 0.15) is 10.4 Å². The number of pyridine rings is 2. The molecule has 2 aromatic heterocycles. The van der Waals surface area contributed by atoms with Crippen LogP contribution in [0.2, 0.25) is 0 Å². The fraction of sp³-hybridized carbons (Fsp3) is 0. The van der Waals surface area contributed by atoms with Gasteiger partial charge in [-0.2, -0.15) is 0 Å². The normalized spacial score (nSPS) is 10.7. The Morgan fingerprint density at radius 1 is 1.20 bits per heavy atom. The van der Waals surface area contributed by atoms with E-state index in [0.717, 1.165) is 6.07 Å². The van der Waals surface area contributed by atoms with Crippen molar-refractivity contribution in [1.82, 2.24) is 9.97 Å². The van der Waals surface area contributed by atoms with Crippen LogP contribution >= 0.6 is 0 Å². The standard InChI is InChI=1S/C15H9FN2O2/c16-10-3-4-13-11(6-10)12(15(19)20)7-14(18-13)9-2-1-5-17-8-9/h1-8H,(H,19,20)/p-1. The molecular formula is C15H8FN2O2-. The van der Waals surface area contributed by atoms with Gasteiger partial charge < -0.3 is 9.90 Å². The van der Waals surface area contributed by atoms with Gasteiger partial charge in [0, 0.05) is 28.9 Å². The maximum absolute atomic E-state index is 13.3. The lowest BCUT2D eigenvalue weighted by Crippen LogP contribution is -2.22. The SMILES string of the molecule is O=C([O-])c1cc(-c2cccnc2)nc2ccc(F)cc12. The van der Waals surface area contributed by atoms with Crippen molar-refractivity contribution in [3.05, 3.63) is 60.2 Å². The predicted molar refractivity (Wildman–Crippen MR) is 69.3 cm³/mol. The van der Waals surface area contributed by atoms with E-state index in [0.29, 0.717) is 16.8 Å². The number of nitrogens with zero attached hydrogens (tertiary/aromatic N) is 2. The third-order valence-electron chi connectivity index (χ3n) is 2.95. The molecule has 0 fully saturated rings. The van der Waals surface area contributed by atoms with Crippen molar-refractivity contribution in [1.29, 1.82) is 0 Å². The highest BCUT2D eigenvalue weighted by Gasteiger charge is 2.09. The molecule has 0 saturated carbocycles. The van der Waals surface area contributed by atoms with Crippen LogP contribution in [0.4, 0.5) is 4.39 Å². The van der Waals surface area contributed by atoms with E-state index in [4.69, 9.17) is 0 Å². The van der Waals surface area contributed by atoms with Gasteiger partial charge in [-0.05, 0) is 36.4 Å². The average Bonchev–Trinajstić information content (AvgIpc) is 2.47. The van der Waals surface area contributed by atoms with Crippen LogP contribution in [-0.4, -0.2) is 15.9 Å². The first kappa shape index (κ1) is 12.2. The van der Waals surface area contributed by atoms with Crippen LogP contribution in [0.3, 0.4) is 0 Å². The summed E-state index contributed by atoms with van der Waals surface area (Å²) in [4.78, 5) is 19.5. The summed E-state index contributed by atoms with van der Waals surface area (Å²) >= 11 is 0. The highest BCUT2D eigenvalue weighted by Crippen LogP contribution is 2.24. The Labute approximate surface area is 113 Å². The van der Waals surface area contributed by atoms with E-state index in [-0.39, 0.29) is 10.9 Å². The van der Waals surface area contributed by atoms with Crippen LogP contribution in [-0.2, 0) is 0 Å². The molecular weight excluding hydrogens is 259 g/mol. The summed E-state index contributed by atoms with van der Waals surface area (Å²) in [5.74, 6) is -1.89. The Morgan fingerprint density at radius 3 is 2.75 bits per heavy atom. The van der Waals surface area contributed by atoms with Crippen LogP contribution in [0.15, 0.2) is 48.8 Å². The van der Waals surface area contributed by atoms with Gasteiger partial charge in [-0.15, -0.1) is 0 Å². The lowest BCUT2D eigenvalue weighted by Gasteiger charge is -2.10. The fourth-order valence-electron chi connectivity index (χ4n) is 2.03. The molecule has 0 radical (unpaired) electrons. The zero-order valence-corrected chi connectivity index (χ0v) is 10.2. The lowest BCUT2D eigenvalue weighted by molar-refractivity contribution is -0.254. The second-order valence-corrected chi connectivity index (χ2v) is 4.25. The molecule has 0 bridgehead atoms. The van der Waals surface area contributed by atoms with Gasteiger partial charge in [-0.3, -0.25) is 4.98 Å². The molecule has 4 nitrogen and oxygen atoms in total. The molecule has 2 heterocycles. The molecule has 98 valence electrons. The van der Waals surface area contributed by atoms with Crippen molar-refractivity contribution in [2.45, 2.75) is 0 Å². The Morgan fingerprint density at radius 2 is 2.05 bits per heavy atom. The van der Waals surface area contributed by atoms with Gasteiger partial charge in [-0.1, -0.05) is 0 Å². The van der Waals surface area contributed by atoms with Crippen molar-refractivity contribution in [3.63, 3.8) is 0 Å². The second kappa shape index (κ2) is 4.70. The first-order chi connectivity index (χ1) is 9.65. The van der Waals surface area contributed by atoms with Crippen LogP contribution in [0, 0.1) is 5.82 Å². The van der Waals surface area contributed by atoms with E-state index in [1.165, 1.54) is 18.2 Å². The van der Waals surface area contributed by atoms with Gasteiger partial charge >= 0.3 is 0 Å². The van der Waals surface area contributed by atoms with E-state index in [9.17, 15) is 14.3 Å². The first-order valence-corrected chi connectivity index (χ1v) is 5.87. The quantitative estimate of drug-likeness (QED) is 0.710. The highest BCUT2D eigenvalue weighted by atomic mass is 19.1. The molecule has 0 spiro atoms. The molecule has 0 aliphatic carbocycles. The summed E-state index contributed by atoms with van der Waals surface area (Å²) in [6, 6.07) is 8.68. The maximum Gasteiger partial charge on any atom is 0.123 e. The maximum atomic E-state index is 13.3. The van der Waals surface area contributed by atoms with E-state index in [2.05, 4.69) is 9.97 Å². The highest BCUT2D eigenvalue weighted by molar-refractivity contribution is 6.02. The van der Waals surface area contributed by atoms with Gasteiger partial charge in [-0.25, -0.2) is 9.37 Å². The summed E-state index contributed by atoms with van der Waals surface area (Å²) in [6.45, 7) is 0. The molecule has 0 aliphatic rings. The minimum Gasteiger partial charge on any atom is -0.545 e. The number of hydrogen-bond acceptors (Lipinski definition) is 4. The van der Waals surface area contributed by atoms with E-state index < -0.39 is 11.8 Å². The van der Waals surface area contributed by atoms with Crippen LogP contribution in [0.5, 0.6) is 0 Å². The number of carboxylic acids is 1. The zero-order chi connectivity index (χ0) is 14.1. The molecule has 0 N–H and O–H groups in total. The number of benzene rings is 1. The summed E-state index contributed by atoms with van der Waals surface area (Å²) < 4.78 is 13.3. The fourth-order valence-corrected chi connectivity index (χ4v) is 2.03. The summed E-state index contributed by atoms with van der Waals surface area (Å²) in [5.41, 5.74) is 1.44. The van der Waals surface area contributed by atoms with E-state index in [1.54, 1.807) is 24.5 Å². The Bertz CT molecular complexity index is 804. The van der Waals surface area contributed by atoms with Crippen LogP contribution < -0.4 is 5.11 Å². The molecule has 0 saturated heterocycles. The van der Waals surface area contributed by atoms with E-state index >= 15 is 0 Å². The first-order valence-electron chi connectivity index (χ1n) is 5.87. The number of carbonyl (C=O) groups is 1. The molecule has 1 aromatic carbocycles. The Balaban J connectivity index is 2.32. The molecule has 20 heavy (non-hydrogen) atoms. The molecule has 0 amide bonds. The van der Waals surface area contributed by atoms with Gasteiger partial charge in [0.05, 0.1) is 17.2 Å². The topological polar surface area (TPSA) is 65.9 Å². The number of carboxylic acid groups (broad SMARTS) is 1. The molecule has 0 unspecified atom stereocenters. The number of aromatic nitrogens is 2. The third-order valence-corrected chi connectivity index (χ3v) is 2.95. The summed E-state index contributed by atoms with van der Waals surface area (Å²) in [6.07, 6.45) is 3.19. The van der Waals surface area contributed by atoms with E-state index in [1.807, 2.05) is 0 Å². The molecule has 5 heteroatoms. The molecule has 3 rings (SSSR count). The number of halogens is 1. The predicted octanol–water partition coefficient (Wildman–Crippen LogP) is 1.80. The second-order valence-electron chi connectivity index (χ2n) is 4.25. The summed E-state index contributed by atoms with van der Waals surface area (Å²) in [5, 5.41) is 11.5. The number of hydrogen-bond donors (Lipinski definition) is 0. The van der Waals surface area contributed by atoms with Gasteiger partial charge in [0.1, 0.15) is 5.82 Å². The van der Waals surface area contributed by atoms with Crippen molar-refractivity contribution in [2.24, 2.45) is 0 Å². The van der Waals surface area contributed by atoms with Gasteiger partial charge in [0.2, 0.25) is 0 Å². The minimum absolute atomic E-state index is 0.0895. The lowest BCUT2D eigenvalue weighted by atomic mass is 10.0. The number of carbonyl (C=O) groups excluding carboxylic acids is 1. The third kappa shape index (κ3) is 2.09. The number of rotatable bonds is 2. The number of aromatic carboxylic acids is 1. The van der Waals surface area contributed by atoms with Crippen molar-refractivity contribution in [3.8, 4) is 11.3 Å². The van der Waals surface area contributed by atoms with Crippen molar-refractivity contribution in [2.75, 3.05) is 0 Å². The Hall–Kier alpha value is -2.82. The monoisotopic (exact) mass is 267 g/mol. The van der Waals surface area contributed by atoms with Crippen molar-refractivity contribution >= 4 is 16.9 Å². The largest absolute Gasteiger partial charge is 0.545 e. The molecule has 3 aromatic rings. The van der Waals surface area contributed by atoms with Gasteiger partial charge in [0.15, 0.2) is 0 Å². The van der Waals surface area contributed by atoms with Crippen molar-refractivity contribution < 1.29 is 14.3 Å². The number of fused-ring (bicyclic) bond motifs is 1. The van der Waals surface area contributed by atoms with Crippen LogP contribution in [0.25, 0.3) is 22.2 Å². The zero-order valence-electron chi connectivity index (χ0n) is 10.2. The van der Waals surface area contributed by atoms with Gasteiger partial charge in [0.25, 0.3) is 0 Å². The Kier molecular flexibility index (Phi) is 2.87. The molecule has 0 atom stereocenters. The smallest absolute Gasteiger partial charge is 0.123 e. The molecule has 0 aliphatic heterocycles. The minimum atomic E-state index is -1.37. The summed E-state index contributed by atoms with van der Waals surface area (Å²) in [7, 11) is 0.